The quantitative estimate of drug-likeness (QED) is 0.524. The zero-order chi connectivity index (χ0) is 22.7. The molecule has 4 rings (SSSR count). The second kappa shape index (κ2) is 9.18. The normalized spacial score (nSPS) is 15.2. The van der Waals surface area contributed by atoms with E-state index in [2.05, 4.69) is 20.0 Å². The van der Waals surface area contributed by atoms with Crippen LogP contribution < -0.4 is 10.1 Å². The number of aromatic amines is 1. The first-order chi connectivity index (χ1) is 15.4. The topological polar surface area (TPSA) is 104 Å². The highest BCUT2D eigenvalue weighted by molar-refractivity contribution is 8.18. The maximum Gasteiger partial charge on any atom is 0.387 e. The van der Waals surface area contributed by atoms with Crippen molar-refractivity contribution in [2.45, 2.75) is 6.61 Å². The van der Waals surface area contributed by atoms with Crippen LogP contribution in [0.15, 0.2) is 53.7 Å². The number of carbonyl (C=O) groups excluding carboxylic acids is 3. The summed E-state index contributed by atoms with van der Waals surface area (Å²) in [5.41, 5.74) is 2.44. The minimum Gasteiger partial charge on any atom is -0.435 e. The summed E-state index contributed by atoms with van der Waals surface area (Å²) in [4.78, 5) is 45.4. The molecule has 8 nitrogen and oxygen atoms in total. The first kappa shape index (κ1) is 21.5. The summed E-state index contributed by atoms with van der Waals surface area (Å²) in [6.07, 6.45) is 3.03. The van der Waals surface area contributed by atoms with Crippen LogP contribution in [0.1, 0.15) is 15.9 Å². The maximum atomic E-state index is 12.6. The number of ether oxygens (including phenoxy) is 1. The smallest absolute Gasteiger partial charge is 0.387 e. The molecule has 1 aliphatic heterocycles. The van der Waals surface area contributed by atoms with E-state index in [9.17, 15) is 23.2 Å². The number of fused-ring (bicyclic) bond motifs is 1. The number of aromatic nitrogens is 2. The summed E-state index contributed by atoms with van der Waals surface area (Å²) in [5, 5.41) is 2.24. The third kappa shape index (κ3) is 4.78. The Morgan fingerprint density at radius 1 is 1.22 bits per heavy atom. The standard InChI is InChI=1S/C21H16F2N4O4S/c22-20(23)31-14-4-1-12(2-5-14)9-17-19(29)27(21(30)32-17)8-7-24-18(28)13-3-6-15-16(10-13)26-11-25-15/h1-6,9-11,20H,7-8H2,(H,24,28)(H,25,26). The highest BCUT2D eigenvalue weighted by Gasteiger charge is 2.34. The van der Waals surface area contributed by atoms with Gasteiger partial charge in [-0.3, -0.25) is 19.3 Å². The molecule has 32 heavy (non-hydrogen) atoms. The zero-order valence-electron chi connectivity index (χ0n) is 16.4. The molecule has 1 fully saturated rings. The number of hydrogen-bond acceptors (Lipinski definition) is 6. The van der Waals surface area contributed by atoms with Gasteiger partial charge in [0.15, 0.2) is 0 Å². The van der Waals surface area contributed by atoms with Gasteiger partial charge < -0.3 is 15.0 Å². The summed E-state index contributed by atoms with van der Waals surface area (Å²) < 4.78 is 28.7. The summed E-state index contributed by atoms with van der Waals surface area (Å²) in [6, 6.07) is 10.7. The summed E-state index contributed by atoms with van der Waals surface area (Å²) >= 11 is 0.773. The summed E-state index contributed by atoms with van der Waals surface area (Å²) in [7, 11) is 0. The molecule has 0 atom stereocenters. The van der Waals surface area contributed by atoms with E-state index >= 15 is 0 Å². The number of imide groups is 1. The Labute approximate surface area is 184 Å². The number of thioether (sulfide) groups is 1. The highest BCUT2D eigenvalue weighted by Crippen LogP contribution is 2.32. The molecule has 0 unspecified atom stereocenters. The average molecular weight is 458 g/mol. The minimum atomic E-state index is -2.92. The van der Waals surface area contributed by atoms with E-state index in [0.717, 1.165) is 27.7 Å². The van der Waals surface area contributed by atoms with E-state index in [-0.39, 0.29) is 29.7 Å². The van der Waals surface area contributed by atoms with Gasteiger partial charge in [-0.1, -0.05) is 12.1 Å². The van der Waals surface area contributed by atoms with Gasteiger partial charge in [0, 0.05) is 18.7 Å². The van der Waals surface area contributed by atoms with Crippen molar-refractivity contribution in [1.29, 1.82) is 0 Å². The Morgan fingerprint density at radius 3 is 2.75 bits per heavy atom. The Morgan fingerprint density at radius 2 is 2.00 bits per heavy atom. The van der Waals surface area contributed by atoms with Crippen molar-refractivity contribution in [3.05, 3.63) is 64.8 Å². The molecular formula is C21H16F2N4O4S. The van der Waals surface area contributed by atoms with Crippen molar-refractivity contribution in [1.82, 2.24) is 20.2 Å². The second-order valence-electron chi connectivity index (χ2n) is 6.67. The Kier molecular flexibility index (Phi) is 6.17. The number of imidazole rings is 1. The van der Waals surface area contributed by atoms with Crippen molar-refractivity contribution in [3.8, 4) is 5.75 Å². The Bertz CT molecular complexity index is 1210. The summed E-state index contributed by atoms with van der Waals surface area (Å²) in [6.45, 7) is -2.82. The molecule has 0 saturated carbocycles. The fourth-order valence-electron chi connectivity index (χ4n) is 3.05. The van der Waals surface area contributed by atoms with Gasteiger partial charge in [0.05, 0.1) is 22.3 Å². The third-order valence-electron chi connectivity index (χ3n) is 4.58. The molecular weight excluding hydrogens is 442 g/mol. The predicted octanol–water partition coefficient (Wildman–Crippen LogP) is 3.63. The summed E-state index contributed by atoms with van der Waals surface area (Å²) in [5.74, 6) is -0.830. The van der Waals surface area contributed by atoms with Gasteiger partial charge >= 0.3 is 6.61 Å². The lowest BCUT2D eigenvalue weighted by Crippen LogP contribution is -2.37. The van der Waals surface area contributed by atoms with Gasteiger partial charge in [-0.05, 0) is 53.7 Å². The molecule has 3 aromatic rings. The molecule has 1 aromatic heterocycles. The molecule has 0 bridgehead atoms. The van der Waals surface area contributed by atoms with Gasteiger partial charge in [0.25, 0.3) is 17.1 Å². The van der Waals surface area contributed by atoms with Crippen molar-refractivity contribution in [2.75, 3.05) is 13.1 Å². The van der Waals surface area contributed by atoms with Gasteiger partial charge in [0.1, 0.15) is 5.75 Å². The molecule has 164 valence electrons. The van der Waals surface area contributed by atoms with Crippen LogP contribution in [0.3, 0.4) is 0 Å². The highest BCUT2D eigenvalue weighted by atomic mass is 32.2. The predicted molar refractivity (Wildman–Crippen MR) is 114 cm³/mol. The number of nitrogens with one attached hydrogen (secondary N) is 2. The van der Waals surface area contributed by atoms with E-state index in [1.54, 1.807) is 18.2 Å². The molecule has 2 heterocycles. The molecule has 2 aromatic carbocycles. The van der Waals surface area contributed by atoms with Gasteiger partial charge in [0.2, 0.25) is 0 Å². The van der Waals surface area contributed by atoms with Crippen molar-refractivity contribution in [2.24, 2.45) is 0 Å². The molecule has 2 N–H and O–H groups in total. The molecule has 0 radical (unpaired) electrons. The maximum absolute atomic E-state index is 12.6. The minimum absolute atomic E-state index is 0.00678. The van der Waals surface area contributed by atoms with E-state index in [1.807, 2.05) is 0 Å². The largest absolute Gasteiger partial charge is 0.435 e. The van der Waals surface area contributed by atoms with Gasteiger partial charge in [-0.15, -0.1) is 0 Å². The zero-order valence-corrected chi connectivity index (χ0v) is 17.2. The van der Waals surface area contributed by atoms with Crippen LogP contribution in [0.2, 0.25) is 0 Å². The lowest BCUT2D eigenvalue weighted by Gasteiger charge is -2.13. The average Bonchev–Trinajstić information content (AvgIpc) is 3.33. The number of hydrogen-bond donors (Lipinski definition) is 2. The van der Waals surface area contributed by atoms with Crippen LogP contribution in [0.25, 0.3) is 17.1 Å². The molecule has 11 heteroatoms. The van der Waals surface area contributed by atoms with Crippen LogP contribution >= 0.6 is 11.8 Å². The first-order valence-corrected chi connectivity index (χ1v) is 10.2. The second-order valence-corrected chi connectivity index (χ2v) is 7.66. The molecule has 0 spiro atoms. The SMILES string of the molecule is O=C(NCCN1C(=O)SC(=Cc2ccc(OC(F)F)cc2)C1=O)c1ccc2nc[nH]c2c1. The van der Waals surface area contributed by atoms with Crippen molar-refractivity contribution >= 4 is 45.9 Å². The number of H-pyrrole nitrogens is 1. The third-order valence-corrected chi connectivity index (χ3v) is 5.49. The van der Waals surface area contributed by atoms with Crippen LogP contribution in [0.4, 0.5) is 13.6 Å². The number of carbonyl (C=O) groups is 3. The molecule has 0 aliphatic carbocycles. The fourth-order valence-corrected chi connectivity index (χ4v) is 3.91. The van der Waals surface area contributed by atoms with Crippen LogP contribution in [-0.2, 0) is 4.79 Å². The monoisotopic (exact) mass is 458 g/mol. The number of nitrogens with zero attached hydrogens (tertiary/aromatic N) is 2. The van der Waals surface area contributed by atoms with Crippen LogP contribution in [0, 0.1) is 0 Å². The van der Waals surface area contributed by atoms with Gasteiger partial charge in [-0.25, -0.2) is 4.98 Å². The first-order valence-electron chi connectivity index (χ1n) is 9.42. The molecule has 1 saturated heterocycles. The van der Waals surface area contributed by atoms with Crippen molar-refractivity contribution < 1.29 is 27.9 Å². The lowest BCUT2D eigenvalue weighted by molar-refractivity contribution is -0.122. The van der Waals surface area contributed by atoms with E-state index in [4.69, 9.17) is 0 Å². The number of alkyl halides is 2. The molecule has 1 aliphatic rings. The lowest BCUT2D eigenvalue weighted by atomic mass is 10.2. The Balaban J connectivity index is 1.34. The number of amides is 3. The van der Waals surface area contributed by atoms with E-state index in [1.165, 1.54) is 36.7 Å². The number of halogens is 2. The van der Waals surface area contributed by atoms with Gasteiger partial charge in [-0.2, -0.15) is 8.78 Å². The molecule has 3 amide bonds. The van der Waals surface area contributed by atoms with Crippen LogP contribution in [-0.4, -0.2) is 51.6 Å². The number of rotatable bonds is 7. The van der Waals surface area contributed by atoms with Crippen LogP contribution in [0.5, 0.6) is 5.75 Å². The number of benzene rings is 2. The van der Waals surface area contributed by atoms with E-state index in [0.29, 0.717) is 11.1 Å². The Hall–Kier alpha value is -3.73. The van der Waals surface area contributed by atoms with Crippen molar-refractivity contribution in [3.63, 3.8) is 0 Å². The fraction of sp³-hybridized carbons (Fsp3) is 0.143. The van der Waals surface area contributed by atoms with E-state index < -0.39 is 17.8 Å².